The normalized spacial score (nSPS) is 13.5. The number of methoxy groups -OCH3 is 2. The van der Waals surface area contributed by atoms with Crippen molar-refractivity contribution in [1.82, 2.24) is 0 Å². The molecular weight excluding hydrogens is 226 g/mol. The Kier molecular flexibility index (Phi) is 4.77. The summed E-state index contributed by atoms with van der Waals surface area (Å²) in [6.45, 7) is 9.10. The molecule has 2 N–H and O–H groups in total. The summed E-state index contributed by atoms with van der Waals surface area (Å²) in [7, 11) is 3.38. The molecule has 0 aliphatic heterocycles. The van der Waals surface area contributed by atoms with Crippen LogP contribution in [0.1, 0.15) is 43.5 Å². The van der Waals surface area contributed by atoms with E-state index in [1.165, 1.54) is 5.56 Å². The molecule has 0 spiro atoms. The lowest BCUT2D eigenvalue weighted by Gasteiger charge is -2.25. The van der Waals surface area contributed by atoms with Gasteiger partial charge in [-0.25, -0.2) is 0 Å². The van der Waals surface area contributed by atoms with Crippen LogP contribution in [0, 0.1) is 6.92 Å². The lowest BCUT2D eigenvalue weighted by Crippen LogP contribution is -2.20. The molecule has 0 aromatic heterocycles. The molecule has 1 aromatic rings. The molecule has 0 saturated carbocycles. The van der Waals surface area contributed by atoms with Crippen molar-refractivity contribution in [2.24, 2.45) is 5.73 Å². The highest BCUT2D eigenvalue weighted by Crippen LogP contribution is 2.35. The fraction of sp³-hybridized carbons (Fsp3) is 0.600. The third kappa shape index (κ3) is 3.24. The molecule has 1 atom stereocenters. The zero-order chi connectivity index (χ0) is 13.9. The summed E-state index contributed by atoms with van der Waals surface area (Å²) < 4.78 is 10.6. The lowest BCUT2D eigenvalue weighted by molar-refractivity contribution is 0.180. The van der Waals surface area contributed by atoms with E-state index in [0.29, 0.717) is 6.61 Å². The molecule has 0 radical (unpaired) electrons. The van der Waals surface area contributed by atoms with E-state index >= 15 is 0 Å². The average molecular weight is 251 g/mol. The van der Waals surface area contributed by atoms with Crippen molar-refractivity contribution in [3.8, 4) is 5.75 Å². The second kappa shape index (κ2) is 5.72. The maximum absolute atomic E-state index is 6.14. The summed E-state index contributed by atoms with van der Waals surface area (Å²) >= 11 is 0. The van der Waals surface area contributed by atoms with E-state index in [2.05, 4.69) is 39.8 Å². The molecule has 0 amide bonds. The molecule has 0 bridgehead atoms. The van der Waals surface area contributed by atoms with E-state index in [1.54, 1.807) is 14.2 Å². The Morgan fingerprint density at radius 1 is 1.22 bits per heavy atom. The van der Waals surface area contributed by atoms with Crippen molar-refractivity contribution in [3.05, 3.63) is 28.8 Å². The summed E-state index contributed by atoms with van der Waals surface area (Å²) in [6, 6.07) is 4.12. The predicted octanol–water partition coefficient (Wildman–Crippen LogP) is 2.95. The molecule has 3 heteroatoms. The Balaban J connectivity index is 3.30. The number of aryl methyl sites for hydroxylation is 1. The van der Waals surface area contributed by atoms with Crippen LogP contribution in [0.3, 0.4) is 0 Å². The van der Waals surface area contributed by atoms with Crippen LogP contribution in [0.2, 0.25) is 0 Å². The Hall–Kier alpha value is -1.06. The maximum atomic E-state index is 6.14. The van der Waals surface area contributed by atoms with E-state index in [4.69, 9.17) is 15.2 Å². The second-order valence-electron chi connectivity index (χ2n) is 5.72. The smallest absolute Gasteiger partial charge is 0.122 e. The largest absolute Gasteiger partial charge is 0.496 e. The molecule has 18 heavy (non-hydrogen) atoms. The van der Waals surface area contributed by atoms with Crippen molar-refractivity contribution < 1.29 is 9.47 Å². The number of hydrogen-bond acceptors (Lipinski definition) is 3. The lowest BCUT2D eigenvalue weighted by atomic mass is 9.83. The van der Waals surface area contributed by atoms with Gasteiger partial charge in [0.15, 0.2) is 0 Å². The number of nitrogens with two attached hydrogens (primary N) is 1. The Bertz CT molecular complexity index is 408. The first kappa shape index (κ1) is 15.0. The summed E-state index contributed by atoms with van der Waals surface area (Å²) in [4.78, 5) is 0. The second-order valence-corrected chi connectivity index (χ2v) is 5.72. The molecule has 0 heterocycles. The fourth-order valence-electron chi connectivity index (χ4n) is 2.12. The van der Waals surface area contributed by atoms with Crippen LogP contribution in [-0.2, 0) is 10.2 Å². The maximum Gasteiger partial charge on any atom is 0.122 e. The summed E-state index contributed by atoms with van der Waals surface area (Å²) in [5, 5.41) is 0. The van der Waals surface area contributed by atoms with Crippen LogP contribution in [0.25, 0.3) is 0 Å². The van der Waals surface area contributed by atoms with Crippen molar-refractivity contribution >= 4 is 0 Å². The molecular formula is C15H25NO2. The molecule has 0 aliphatic rings. The van der Waals surface area contributed by atoms with E-state index in [9.17, 15) is 0 Å². The van der Waals surface area contributed by atoms with Crippen molar-refractivity contribution in [2.45, 2.75) is 39.2 Å². The van der Waals surface area contributed by atoms with E-state index < -0.39 is 0 Å². The van der Waals surface area contributed by atoms with Gasteiger partial charge in [-0.05, 0) is 41.2 Å². The molecule has 1 rings (SSSR count). The number of ether oxygens (including phenoxy) is 2. The fourth-order valence-corrected chi connectivity index (χ4v) is 2.12. The monoisotopic (exact) mass is 251 g/mol. The van der Waals surface area contributed by atoms with Gasteiger partial charge >= 0.3 is 0 Å². The Morgan fingerprint density at radius 2 is 1.83 bits per heavy atom. The van der Waals surface area contributed by atoms with Crippen LogP contribution < -0.4 is 10.5 Å². The first-order valence-corrected chi connectivity index (χ1v) is 6.24. The van der Waals surface area contributed by atoms with Crippen molar-refractivity contribution in [3.63, 3.8) is 0 Å². The van der Waals surface area contributed by atoms with Crippen molar-refractivity contribution in [2.75, 3.05) is 20.8 Å². The minimum Gasteiger partial charge on any atom is -0.496 e. The highest BCUT2D eigenvalue weighted by Gasteiger charge is 2.22. The van der Waals surface area contributed by atoms with Crippen LogP contribution in [0.4, 0.5) is 0 Å². The standard InChI is InChI=1S/C15H25NO2/c1-10-7-14(18-6)12(15(2,3)4)8-11(10)13(16)9-17-5/h7-8,13H,9,16H2,1-6H3. The predicted molar refractivity (Wildman–Crippen MR) is 75.2 cm³/mol. The van der Waals surface area contributed by atoms with Crippen LogP contribution in [0.5, 0.6) is 5.75 Å². The van der Waals surface area contributed by atoms with E-state index in [1.807, 2.05) is 0 Å². The number of benzene rings is 1. The van der Waals surface area contributed by atoms with Gasteiger partial charge in [0.1, 0.15) is 5.75 Å². The Morgan fingerprint density at radius 3 is 2.28 bits per heavy atom. The van der Waals surface area contributed by atoms with Crippen LogP contribution >= 0.6 is 0 Å². The van der Waals surface area contributed by atoms with Gasteiger partial charge in [-0.1, -0.05) is 20.8 Å². The third-order valence-corrected chi connectivity index (χ3v) is 3.14. The number of hydrogen-bond donors (Lipinski definition) is 1. The number of rotatable bonds is 4. The van der Waals surface area contributed by atoms with Gasteiger partial charge < -0.3 is 15.2 Å². The van der Waals surface area contributed by atoms with Gasteiger partial charge in [0, 0.05) is 7.11 Å². The first-order valence-electron chi connectivity index (χ1n) is 6.24. The van der Waals surface area contributed by atoms with Gasteiger partial charge in [-0.2, -0.15) is 0 Å². The molecule has 102 valence electrons. The molecule has 3 nitrogen and oxygen atoms in total. The van der Waals surface area contributed by atoms with Crippen molar-refractivity contribution in [1.29, 1.82) is 0 Å². The Labute approximate surface area is 110 Å². The van der Waals surface area contributed by atoms with Gasteiger partial charge in [0.2, 0.25) is 0 Å². The molecule has 1 aromatic carbocycles. The van der Waals surface area contributed by atoms with E-state index in [0.717, 1.165) is 16.9 Å². The zero-order valence-electron chi connectivity index (χ0n) is 12.3. The van der Waals surface area contributed by atoms with Crippen LogP contribution in [-0.4, -0.2) is 20.8 Å². The summed E-state index contributed by atoms with van der Waals surface area (Å²) in [5.41, 5.74) is 9.62. The van der Waals surface area contributed by atoms with Gasteiger partial charge in [0.05, 0.1) is 19.8 Å². The molecule has 0 fully saturated rings. The van der Waals surface area contributed by atoms with E-state index in [-0.39, 0.29) is 11.5 Å². The third-order valence-electron chi connectivity index (χ3n) is 3.14. The van der Waals surface area contributed by atoms with Crippen LogP contribution in [0.15, 0.2) is 12.1 Å². The average Bonchev–Trinajstić information content (AvgIpc) is 2.27. The molecule has 0 saturated heterocycles. The first-order chi connectivity index (χ1) is 8.31. The van der Waals surface area contributed by atoms with Gasteiger partial charge in [-0.3, -0.25) is 0 Å². The minimum atomic E-state index is -0.0954. The zero-order valence-corrected chi connectivity index (χ0v) is 12.3. The summed E-state index contributed by atoms with van der Waals surface area (Å²) in [6.07, 6.45) is 0. The quantitative estimate of drug-likeness (QED) is 0.894. The SMILES string of the molecule is COCC(N)c1cc(C(C)(C)C)c(OC)cc1C. The highest BCUT2D eigenvalue weighted by molar-refractivity contribution is 5.46. The topological polar surface area (TPSA) is 44.5 Å². The van der Waals surface area contributed by atoms with Gasteiger partial charge in [-0.15, -0.1) is 0 Å². The molecule has 0 aliphatic carbocycles. The van der Waals surface area contributed by atoms with Gasteiger partial charge in [0.25, 0.3) is 0 Å². The summed E-state index contributed by atoms with van der Waals surface area (Å²) in [5.74, 6) is 0.924. The molecule has 1 unspecified atom stereocenters. The minimum absolute atomic E-state index is 0.0284. The highest BCUT2D eigenvalue weighted by atomic mass is 16.5.